The van der Waals surface area contributed by atoms with Gasteiger partial charge in [0.1, 0.15) is 0 Å². The number of aromatic carboxylic acids is 1. The summed E-state index contributed by atoms with van der Waals surface area (Å²) in [5.74, 6) is -0.496. The number of carbonyl (C=O) groups is 2. The van der Waals surface area contributed by atoms with Crippen LogP contribution in [0, 0.1) is 5.92 Å². The molecule has 5 nitrogen and oxygen atoms in total. The van der Waals surface area contributed by atoms with E-state index in [0.717, 1.165) is 31.5 Å². The molecular weight excluding hydrogens is 256 g/mol. The van der Waals surface area contributed by atoms with Crippen molar-refractivity contribution in [3.05, 3.63) is 35.4 Å². The first-order valence-electron chi connectivity index (χ1n) is 6.95. The molecule has 1 aliphatic heterocycles. The van der Waals surface area contributed by atoms with Gasteiger partial charge in [-0.05, 0) is 43.4 Å². The molecule has 1 aliphatic rings. The van der Waals surface area contributed by atoms with Crippen molar-refractivity contribution >= 4 is 12.0 Å². The number of nitrogens with zero attached hydrogens (tertiary/aromatic N) is 1. The highest BCUT2D eigenvalue weighted by Gasteiger charge is 2.26. The van der Waals surface area contributed by atoms with Crippen molar-refractivity contribution in [2.24, 2.45) is 5.92 Å². The SMILES string of the molecule is CCNC(=O)N1CC[C@@H](Cc2cccc(C(=O)O)c2)C1. The standard InChI is InChI=1S/C15H20N2O3/c1-2-16-15(20)17-7-6-12(10-17)8-11-4-3-5-13(9-11)14(18)19/h3-5,9,12H,2,6-8,10H2,1H3,(H,16,20)(H,18,19)/t12-/m0/s1. The first-order chi connectivity index (χ1) is 9.60. The number of carboxylic acids is 1. The van der Waals surface area contributed by atoms with Gasteiger partial charge in [0.15, 0.2) is 0 Å². The normalized spacial score (nSPS) is 18.1. The number of carbonyl (C=O) groups excluding carboxylic acids is 1. The number of hydrogen-bond acceptors (Lipinski definition) is 2. The monoisotopic (exact) mass is 276 g/mol. The summed E-state index contributed by atoms with van der Waals surface area (Å²) >= 11 is 0. The molecule has 108 valence electrons. The molecule has 1 aromatic carbocycles. The fourth-order valence-electron chi connectivity index (χ4n) is 2.61. The Balaban J connectivity index is 1.93. The summed E-state index contributed by atoms with van der Waals surface area (Å²) in [6.45, 7) is 4.06. The van der Waals surface area contributed by atoms with Crippen LogP contribution in [0.1, 0.15) is 29.3 Å². The lowest BCUT2D eigenvalue weighted by molar-refractivity contribution is 0.0696. The van der Waals surface area contributed by atoms with Crippen LogP contribution in [-0.2, 0) is 6.42 Å². The van der Waals surface area contributed by atoms with Crippen molar-refractivity contribution < 1.29 is 14.7 Å². The Bertz CT molecular complexity index is 502. The van der Waals surface area contributed by atoms with Gasteiger partial charge in [-0.1, -0.05) is 12.1 Å². The number of likely N-dealkylation sites (tertiary alicyclic amines) is 1. The molecule has 0 aromatic heterocycles. The molecule has 0 saturated carbocycles. The summed E-state index contributed by atoms with van der Waals surface area (Å²) in [5, 5.41) is 11.8. The molecular formula is C15H20N2O3. The fourth-order valence-corrected chi connectivity index (χ4v) is 2.61. The van der Waals surface area contributed by atoms with Gasteiger partial charge >= 0.3 is 12.0 Å². The van der Waals surface area contributed by atoms with Crippen molar-refractivity contribution in [3.8, 4) is 0 Å². The number of hydrogen-bond donors (Lipinski definition) is 2. The Morgan fingerprint density at radius 3 is 2.95 bits per heavy atom. The summed E-state index contributed by atoms with van der Waals surface area (Å²) in [5.41, 5.74) is 1.34. The van der Waals surface area contributed by atoms with Crippen LogP contribution >= 0.6 is 0 Å². The van der Waals surface area contributed by atoms with Gasteiger partial charge in [-0.25, -0.2) is 9.59 Å². The van der Waals surface area contributed by atoms with Crippen LogP contribution in [0.2, 0.25) is 0 Å². The summed E-state index contributed by atoms with van der Waals surface area (Å²) in [6, 6.07) is 7.03. The predicted molar refractivity (Wildman–Crippen MR) is 75.9 cm³/mol. The van der Waals surface area contributed by atoms with Crippen LogP contribution in [0.15, 0.2) is 24.3 Å². The summed E-state index contributed by atoms with van der Waals surface area (Å²) in [6.07, 6.45) is 1.78. The summed E-state index contributed by atoms with van der Waals surface area (Å²) in [7, 11) is 0. The lowest BCUT2D eigenvalue weighted by atomic mass is 9.97. The Morgan fingerprint density at radius 1 is 1.45 bits per heavy atom. The zero-order valence-electron chi connectivity index (χ0n) is 11.6. The molecule has 1 atom stereocenters. The van der Waals surface area contributed by atoms with Gasteiger partial charge in [0.2, 0.25) is 0 Å². The largest absolute Gasteiger partial charge is 0.478 e. The minimum absolute atomic E-state index is 0.00529. The van der Waals surface area contributed by atoms with E-state index in [9.17, 15) is 9.59 Å². The van der Waals surface area contributed by atoms with Crippen molar-refractivity contribution in [2.75, 3.05) is 19.6 Å². The Kier molecular flexibility index (Phi) is 4.61. The minimum atomic E-state index is -0.901. The van der Waals surface area contributed by atoms with Crippen LogP contribution in [-0.4, -0.2) is 41.6 Å². The van der Waals surface area contributed by atoms with E-state index < -0.39 is 5.97 Å². The average molecular weight is 276 g/mol. The smallest absolute Gasteiger partial charge is 0.335 e. The van der Waals surface area contributed by atoms with E-state index in [4.69, 9.17) is 5.11 Å². The van der Waals surface area contributed by atoms with E-state index >= 15 is 0 Å². The minimum Gasteiger partial charge on any atom is -0.478 e. The Hall–Kier alpha value is -2.04. The van der Waals surface area contributed by atoms with Crippen molar-refractivity contribution in [3.63, 3.8) is 0 Å². The molecule has 0 spiro atoms. The lowest BCUT2D eigenvalue weighted by Gasteiger charge is -2.16. The van der Waals surface area contributed by atoms with Gasteiger partial charge in [-0.15, -0.1) is 0 Å². The highest BCUT2D eigenvalue weighted by molar-refractivity contribution is 5.87. The molecule has 0 unspecified atom stereocenters. The molecule has 2 amide bonds. The van der Waals surface area contributed by atoms with Gasteiger partial charge in [0.05, 0.1) is 5.56 Å². The molecule has 0 radical (unpaired) electrons. The van der Waals surface area contributed by atoms with Crippen LogP contribution in [0.3, 0.4) is 0 Å². The van der Waals surface area contributed by atoms with Crippen LogP contribution < -0.4 is 5.32 Å². The third-order valence-electron chi connectivity index (χ3n) is 3.60. The number of rotatable bonds is 4. The number of amides is 2. The van der Waals surface area contributed by atoms with Crippen molar-refractivity contribution in [2.45, 2.75) is 19.8 Å². The summed E-state index contributed by atoms with van der Waals surface area (Å²) in [4.78, 5) is 24.5. The molecule has 20 heavy (non-hydrogen) atoms. The van der Waals surface area contributed by atoms with Gasteiger partial charge in [-0.2, -0.15) is 0 Å². The van der Waals surface area contributed by atoms with Crippen molar-refractivity contribution in [1.29, 1.82) is 0 Å². The number of urea groups is 1. The number of carboxylic acid groups (broad SMARTS) is 1. The van der Waals surface area contributed by atoms with Gasteiger partial charge in [0.25, 0.3) is 0 Å². The number of benzene rings is 1. The van der Waals surface area contributed by atoms with Gasteiger partial charge < -0.3 is 15.3 Å². The van der Waals surface area contributed by atoms with E-state index in [0.29, 0.717) is 18.0 Å². The molecule has 2 N–H and O–H groups in total. The second-order valence-electron chi connectivity index (χ2n) is 5.15. The molecule has 1 heterocycles. The van der Waals surface area contributed by atoms with Crippen molar-refractivity contribution in [1.82, 2.24) is 10.2 Å². The molecule has 5 heteroatoms. The highest BCUT2D eigenvalue weighted by atomic mass is 16.4. The molecule has 1 aromatic rings. The fraction of sp³-hybridized carbons (Fsp3) is 0.467. The third kappa shape index (κ3) is 3.50. The average Bonchev–Trinajstić information content (AvgIpc) is 2.88. The highest BCUT2D eigenvalue weighted by Crippen LogP contribution is 2.21. The Morgan fingerprint density at radius 2 is 2.25 bits per heavy atom. The Labute approximate surface area is 118 Å². The molecule has 0 bridgehead atoms. The second kappa shape index (κ2) is 6.41. The molecule has 1 saturated heterocycles. The quantitative estimate of drug-likeness (QED) is 0.883. The maximum absolute atomic E-state index is 11.7. The second-order valence-corrected chi connectivity index (χ2v) is 5.15. The van der Waals surface area contributed by atoms with E-state index in [1.807, 2.05) is 17.9 Å². The number of nitrogens with one attached hydrogen (secondary N) is 1. The van der Waals surface area contributed by atoms with Crippen LogP contribution in [0.4, 0.5) is 4.79 Å². The third-order valence-corrected chi connectivity index (χ3v) is 3.60. The first-order valence-corrected chi connectivity index (χ1v) is 6.95. The van der Waals surface area contributed by atoms with Gasteiger partial charge in [-0.3, -0.25) is 0 Å². The maximum Gasteiger partial charge on any atom is 0.335 e. The van der Waals surface area contributed by atoms with Crippen LogP contribution in [0.5, 0.6) is 0 Å². The lowest BCUT2D eigenvalue weighted by Crippen LogP contribution is -2.38. The van der Waals surface area contributed by atoms with Crippen LogP contribution in [0.25, 0.3) is 0 Å². The zero-order chi connectivity index (χ0) is 14.5. The maximum atomic E-state index is 11.7. The zero-order valence-corrected chi connectivity index (χ0v) is 11.6. The van der Waals surface area contributed by atoms with E-state index in [1.54, 1.807) is 18.2 Å². The molecule has 2 rings (SSSR count). The van der Waals surface area contributed by atoms with E-state index in [-0.39, 0.29) is 6.03 Å². The topological polar surface area (TPSA) is 69.6 Å². The summed E-state index contributed by atoms with van der Waals surface area (Å²) < 4.78 is 0. The van der Waals surface area contributed by atoms with E-state index in [2.05, 4.69) is 5.32 Å². The first kappa shape index (κ1) is 14.4. The molecule has 0 aliphatic carbocycles. The molecule has 1 fully saturated rings. The predicted octanol–water partition coefficient (Wildman–Crippen LogP) is 1.98. The van der Waals surface area contributed by atoms with E-state index in [1.165, 1.54) is 0 Å². The van der Waals surface area contributed by atoms with Gasteiger partial charge in [0, 0.05) is 19.6 Å².